The first-order valence-corrected chi connectivity index (χ1v) is 9.48. The Kier molecular flexibility index (Phi) is 6.63. The minimum atomic E-state index is 0.454. The Labute approximate surface area is 135 Å². The molecule has 1 fully saturated rings. The number of rotatable bonds is 6. The van der Waals surface area contributed by atoms with Gasteiger partial charge in [0.15, 0.2) is 0 Å². The van der Waals surface area contributed by atoms with E-state index in [1.165, 1.54) is 36.1 Å². The molecule has 1 N–H and O–H groups in total. The van der Waals surface area contributed by atoms with Crippen LogP contribution < -0.4 is 5.32 Å². The summed E-state index contributed by atoms with van der Waals surface area (Å²) in [6.07, 6.45) is 5.34. The van der Waals surface area contributed by atoms with E-state index in [0.29, 0.717) is 6.04 Å². The monoisotopic (exact) mass is 305 g/mol. The average Bonchev–Trinajstić information content (AvgIpc) is 2.49. The largest absolute Gasteiger partial charge is 0.310 e. The van der Waals surface area contributed by atoms with E-state index >= 15 is 0 Å². The Morgan fingerprint density at radius 2 is 2.05 bits per heavy atom. The van der Waals surface area contributed by atoms with Gasteiger partial charge in [-0.25, -0.2) is 0 Å². The van der Waals surface area contributed by atoms with Crippen LogP contribution in [-0.4, -0.2) is 11.8 Å². The second kappa shape index (κ2) is 8.24. The van der Waals surface area contributed by atoms with Crippen molar-refractivity contribution in [2.75, 3.05) is 6.54 Å². The highest BCUT2D eigenvalue weighted by molar-refractivity contribution is 8.00. The minimum Gasteiger partial charge on any atom is -0.310 e. The maximum atomic E-state index is 3.58. The van der Waals surface area contributed by atoms with Crippen molar-refractivity contribution in [2.45, 2.75) is 69.6 Å². The summed E-state index contributed by atoms with van der Waals surface area (Å²) in [6, 6.07) is 9.60. The van der Waals surface area contributed by atoms with Gasteiger partial charge in [0.1, 0.15) is 0 Å². The average molecular weight is 306 g/mol. The Balaban J connectivity index is 1.94. The van der Waals surface area contributed by atoms with Crippen molar-refractivity contribution in [2.24, 2.45) is 11.8 Å². The van der Waals surface area contributed by atoms with Gasteiger partial charge in [-0.15, -0.1) is 11.8 Å². The highest BCUT2D eigenvalue weighted by atomic mass is 32.2. The van der Waals surface area contributed by atoms with Crippen LogP contribution >= 0.6 is 11.8 Å². The van der Waals surface area contributed by atoms with E-state index in [1.54, 1.807) is 0 Å². The van der Waals surface area contributed by atoms with Gasteiger partial charge >= 0.3 is 0 Å². The molecule has 0 spiro atoms. The van der Waals surface area contributed by atoms with E-state index in [-0.39, 0.29) is 0 Å². The molecule has 118 valence electrons. The van der Waals surface area contributed by atoms with Crippen LogP contribution in [0.3, 0.4) is 0 Å². The third-order valence-electron chi connectivity index (χ3n) is 4.91. The molecule has 21 heavy (non-hydrogen) atoms. The number of hydrogen-bond donors (Lipinski definition) is 1. The molecule has 0 bridgehead atoms. The molecule has 0 saturated heterocycles. The first-order valence-electron chi connectivity index (χ1n) is 8.60. The molecule has 1 aromatic rings. The standard InChI is InChI=1S/C19H31NS/c1-5-11-20-16(4)17-7-6-8-18(13-17)21-19-10-9-14(2)15(3)12-19/h6-8,13-16,19-20H,5,9-12H2,1-4H3. The maximum absolute atomic E-state index is 3.58. The Hall–Kier alpha value is -0.470. The zero-order chi connectivity index (χ0) is 15.2. The normalized spacial score (nSPS) is 27.5. The van der Waals surface area contributed by atoms with Crippen molar-refractivity contribution in [3.63, 3.8) is 0 Å². The van der Waals surface area contributed by atoms with Crippen LogP contribution in [0.4, 0.5) is 0 Å². The molecule has 2 heteroatoms. The van der Waals surface area contributed by atoms with Crippen molar-refractivity contribution in [3.8, 4) is 0 Å². The topological polar surface area (TPSA) is 12.0 Å². The quantitative estimate of drug-likeness (QED) is 0.727. The second-order valence-electron chi connectivity index (χ2n) is 6.76. The van der Waals surface area contributed by atoms with Crippen molar-refractivity contribution < 1.29 is 0 Å². The number of benzene rings is 1. The summed E-state index contributed by atoms with van der Waals surface area (Å²) in [6.45, 7) is 10.4. The molecular formula is C19H31NS. The number of nitrogens with one attached hydrogen (secondary N) is 1. The number of thioether (sulfide) groups is 1. The Bertz CT molecular complexity index is 431. The molecule has 0 aliphatic heterocycles. The molecule has 2 rings (SSSR count). The first kappa shape index (κ1) is 16.9. The van der Waals surface area contributed by atoms with Crippen LogP contribution in [0.25, 0.3) is 0 Å². The fourth-order valence-electron chi connectivity index (χ4n) is 3.13. The zero-order valence-corrected chi connectivity index (χ0v) is 14.9. The van der Waals surface area contributed by atoms with Gasteiger partial charge in [-0.3, -0.25) is 0 Å². The molecule has 1 nitrogen and oxygen atoms in total. The summed E-state index contributed by atoms with van der Waals surface area (Å²) in [7, 11) is 0. The molecule has 1 saturated carbocycles. The third kappa shape index (κ3) is 5.03. The van der Waals surface area contributed by atoms with E-state index in [4.69, 9.17) is 0 Å². The van der Waals surface area contributed by atoms with Crippen LogP contribution in [-0.2, 0) is 0 Å². The van der Waals surface area contributed by atoms with Crippen molar-refractivity contribution in [3.05, 3.63) is 29.8 Å². The van der Waals surface area contributed by atoms with Crippen molar-refractivity contribution in [1.29, 1.82) is 0 Å². The molecule has 1 aliphatic rings. The molecule has 4 unspecified atom stereocenters. The summed E-state index contributed by atoms with van der Waals surface area (Å²) in [5.74, 6) is 1.79. The molecule has 0 radical (unpaired) electrons. The lowest BCUT2D eigenvalue weighted by Crippen LogP contribution is -2.22. The summed E-state index contributed by atoms with van der Waals surface area (Å²) in [5, 5.41) is 4.39. The predicted molar refractivity (Wildman–Crippen MR) is 95.0 cm³/mol. The van der Waals surface area contributed by atoms with Crippen LogP contribution in [0.15, 0.2) is 29.2 Å². The highest BCUT2D eigenvalue weighted by Crippen LogP contribution is 2.39. The van der Waals surface area contributed by atoms with Gasteiger partial charge in [-0.2, -0.15) is 0 Å². The molecule has 1 aromatic carbocycles. The molecule has 0 heterocycles. The first-order chi connectivity index (χ1) is 10.1. The lowest BCUT2D eigenvalue weighted by molar-refractivity contribution is 0.283. The maximum Gasteiger partial charge on any atom is 0.0292 e. The summed E-state index contributed by atoms with van der Waals surface area (Å²) in [5.41, 5.74) is 1.42. The van der Waals surface area contributed by atoms with Crippen LogP contribution in [0.5, 0.6) is 0 Å². The summed E-state index contributed by atoms with van der Waals surface area (Å²) >= 11 is 2.10. The zero-order valence-electron chi connectivity index (χ0n) is 14.1. The lowest BCUT2D eigenvalue weighted by atomic mass is 9.81. The molecular weight excluding hydrogens is 274 g/mol. The van der Waals surface area contributed by atoms with Gasteiger partial charge in [0.05, 0.1) is 0 Å². The van der Waals surface area contributed by atoms with Gasteiger partial charge in [-0.1, -0.05) is 32.9 Å². The summed E-state index contributed by atoms with van der Waals surface area (Å²) < 4.78 is 0. The van der Waals surface area contributed by atoms with E-state index < -0.39 is 0 Å². The van der Waals surface area contributed by atoms with E-state index in [0.717, 1.165) is 23.6 Å². The summed E-state index contributed by atoms with van der Waals surface area (Å²) in [4.78, 5) is 1.45. The molecule has 0 aromatic heterocycles. The smallest absolute Gasteiger partial charge is 0.0292 e. The van der Waals surface area contributed by atoms with Gasteiger partial charge < -0.3 is 5.32 Å². The second-order valence-corrected chi connectivity index (χ2v) is 8.13. The molecule has 1 aliphatic carbocycles. The van der Waals surface area contributed by atoms with Gasteiger partial charge in [0.2, 0.25) is 0 Å². The SMILES string of the molecule is CCCNC(C)c1cccc(SC2CCC(C)C(C)C2)c1. The number of hydrogen-bond acceptors (Lipinski definition) is 2. The third-order valence-corrected chi connectivity index (χ3v) is 6.20. The van der Waals surface area contributed by atoms with Crippen LogP contribution in [0.2, 0.25) is 0 Å². The van der Waals surface area contributed by atoms with E-state index in [1.807, 2.05) is 0 Å². The fraction of sp³-hybridized carbons (Fsp3) is 0.684. The van der Waals surface area contributed by atoms with Crippen molar-refractivity contribution in [1.82, 2.24) is 5.32 Å². The fourth-order valence-corrected chi connectivity index (χ4v) is 4.53. The Morgan fingerprint density at radius 3 is 2.76 bits per heavy atom. The minimum absolute atomic E-state index is 0.454. The predicted octanol–water partition coefficient (Wildman–Crippen LogP) is 5.66. The van der Waals surface area contributed by atoms with Crippen LogP contribution in [0.1, 0.15) is 65.0 Å². The highest BCUT2D eigenvalue weighted by Gasteiger charge is 2.25. The van der Waals surface area contributed by atoms with Crippen LogP contribution in [0, 0.1) is 11.8 Å². The molecule has 4 atom stereocenters. The van der Waals surface area contributed by atoms with Gasteiger partial charge in [0, 0.05) is 16.2 Å². The van der Waals surface area contributed by atoms with E-state index in [2.05, 4.69) is 69.0 Å². The van der Waals surface area contributed by atoms with Gasteiger partial charge in [-0.05, 0) is 68.7 Å². The lowest BCUT2D eigenvalue weighted by Gasteiger charge is -2.31. The van der Waals surface area contributed by atoms with E-state index in [9.17, 15) is 0 Å². The Morgan fingerprint density at radius 1 is 1.24 bits per heavy atom. The molecule has 0 amide bonds. The van der Waals surface area contributed by atoms with Crippen molar-refractivity contribution >= 4 is 11.8 Å². The van der Waals surface area contributed by atoms with Gasteiger partial charge in [0.25, 0.3) is 0 Å².